The van der Waals surface area contributed by atoms with E-state index in [1.807, 2.05) is 12.1 Å². The van der Waals surface area contributed by atoms with Gasteiger partial charge in [-0.3, -0.25) is 4.90 Å². The van der Waals surface area contributed by atoms with Crippen LogP contribution in [-0.2, 0) is 6.54 Å². The van der Waals surface area contributed by atoms with Crippen molar-refractivity contribution in [3.8, 4) is 6.07 Å². The van der Waals surface area contributed by atoms with Crippen LogP contribution in [0.1, 0.15) is 31.4 Å². The minimum atomic E-state index is 0.745. The van der Waals surface area contributed by atoms with Crippen molar-refractivity contribution in [2.24, 2.45) is 11.8 Å². The molecule has 0 saturated carbocycles. The van der Waals surface area contributed by atoms with E-state index in [9.17, 15) is 0 Å². The van der Waals surface area contributed by atoms with Crippen LogP contribution in [0.15, 0.2) is 24.3 Å². The zero-order valence-electron chi connectivity index (χ0n) is 10.7. The monoisotopic (exact) mass is 228 g/mol. The Morgan fingerprint density at radius 1 is 1.18 bits per heavy atom. The van der Waals surface area contributed by atoms with Crippen LogP contribution < -0.4 is 0 Å². The molecule has 1 saturated heterocycles. The minimum absolute atomic E-state index is 0.745. The predicted molar refractivity (Wildman–Crippen MR) is 69.4 cm³/mol. The SMILES string of the molecule is C[C@@H]1C[C@H](C)CN(Cc2ccc(C#N)cc2)C1. The van der Waals surface area contributed by atoms with E-state index < -0.39 is 0 Å². The molecular weight excluding hydrogens is 208 g/mol. The van der Waals surface area contributed by atoms with Crippen LogP contribution >= 0.6 is 0 Å². The molecule has 0 amide bonds. The van der Waals surface area contributed by atoms with Crippen LogP contribution in [0.25, 0.3) is 0 Å². The minimum Gasteiger partial charge on any atom is -0.299 e. The smallest absolute Gasteiger partial charge is 0.0991 e. The Morgan fingerprint density at radius 3 is 2.29 bits per heavy atom. The molecule has 0 bridgehead atoms. The molecule has 0 aliphatic carbocycles. The number of nitrogens with zero attached hydrogens (tertiary/aromatic N) is 2. The highest BCUT2D eigenvalue weighted by Gasteiger charge is 2.21. The molecule has 2 heteroatoms. The second-order valence-electron chi connectivity index (χ2n) is 5.45. The zero-order chi connectivity index (χ0) is 12.3. The number of hydrogen-bond donors (Lipinski definition) is 0. The molecule has 17 heavy (non-hydrogen) atoms. The van der Waals surface area contributed by atoms with E-state index in [0.29, 0.717) is 0 Å². The van der Waals surface area contributed by atoms with Gasteiger partial charge in [0.25, 0.3) is 0 Å². The molecule has 0 aromatic heterocycles. The number of nitriles is 1. The van der Waals surface area contributed by atoms with Gasteiger partial charge in [0.05, 0.1) is 11.6 Å². The Kier molecular flexibility index (Phi) is 3.81. The predicted octanol–water partition coefficient (Wildman–Crippen LogP) is 3.04. The molecule has 2 atom stereocenters. The summed E-state index contributed by atoms with van der Waals surface area (Å²) in [5.41, 5.74) is 2.06. The van der Waals surface area contributed by atoms with E-state index in [-0.39, 0.29) is 0 Å². The van der Waals surface area contributed by atoms with E-state index in [2.05, 4.69) is 36.9 Å². The van der Waals surface area contributed by atoms with Gasteiger partial charge in [-0.25, -0.2) is 0 Å². The van der Waals surface area contributed by atoms with Crippen molar-refractivity contribution in [1.82, 2.24) is 4.90 Å². The summed E-state index contributed by atoms with van der Waals surface area (Å²) in [6, 6.07) is 10.1. The molecule has 0 radical (unpaired) electrons. The fourth-order valence-corrected chi connectivity index (χ4v) is 2.86. The molecule has 0 unspecified atom stereocenters. The fraction of sp³-hybridized carbons (Fsp3) is 0.533. The van der Waals surface area contributed by atoms with Crippen molar-refractivity contribution in [3.63, 3.8) is 0 Å². The lowest BCUT2D eigenvalue weighted by Crippen LogP contribution is -2.38. The molecule has 2 nitrogen and oxygen atoms in total. The summed E-state index contributed by atoms with van der Waals surface area (Å²) in [6.45, 7) is 8.08. The highest BCUT2D eigenvalue weighted by atomic mass is 15.1. The Morgan fingerprint density at radius 2 is 1.76 bits per heavy atom. The van der Waals surface area contributed by atoms with Gasteiger partial charge in [0, 0.05) is 19.6 Å². The Balaban J connectivity index is 1.98. The molecule has 2 rings (SSSR count). The van der Waals surface area contributed by atoms with Crippen LogP contribution in [0, 0.1) is 23.2 Å². The summed E-state index contributed by atoms with van der Waals surface area (Å²) < 4.78 is 0. The maximum atomic E-state index is 8.76. The number of rotatable bonds is 2. The van der Waals surface area contributed by atoms with Crippen molar-refractivity contribution in [2.45, 2.75) is 26.8 Å². The summed E-state index contributed by atoms with van der Waals surface area (Å²) in [5, 5.41) is 8.76. The van der Waals surface area contributed by atoms with Gasteiger partial charge in [-0.1, -0.05) is 26.0 Å². The van der Waals surface area contributed by atoms with E-state index in [1.165, 1.54) is 25.1 Å². The van der Waals surface area contributed by atoms with E-state index >= 15 is 0 Å². The van der Waals surface area contributed by atoms with Gasteiger partial charge in [-0.2, -0.15) is 5.26 Å². The third-order valence-corrected chi connectivity index (χ3v) is 3.43. The van der Waals surface area contributed by atoms with Gasteiger partial charge in [0.2, 0.25) is 0 Å². The van der Waals surface area contributed by atoms with Crippen LogP contribution in [0.2, 0.25) is 0 Å². The molecule has 0 N–H and O–H groups in total. The lowest BCUT2D eigenvalue weighted by Gasteiger charge is -2.35. The Labute approximate surface area is 104 Å². The topological polar surface area (TPSA) is 27.0 Å². The molecule has 1 aromatic rings. The molecule has 1 heterocycles. The molecule has 1 aliphatic heterocycles. The van der Waals surface area contributed by atoms with Gasteiger partial charge in [-0.05, 0) is 36.0 Å². The average molecular weight is 228 g/mol. The number of benzene rings is 1. The standard InChI is InChI=1S/C15H20N2/c1-12-7-13(2)10-17(9-12)11-15-5-3-14(8-16)4-6-15/h3-6,12-13H,7,9-11H2,1-2H3/t12-,13+. The summed E-state index contributed by atoms with van der Waals surface area (Å²) in [7, 11) is 0. The first-order chi connectivity index (χ1) is 8.17. The lowest BCUT2D eigenvalue weighted by atomic mass is 9.91. The largest absolute Gasteiger partial charge is 0.299 e. The second kappa shape index (κ2) is 5.33. The Hall–Kier alpha value is -1.33. The molecule has 90 valence electrons. The fourth-order valence-electron chi connectivity index (χ4n) is 2.86. The van der Waals surface area contributed by atoms with Gasteiger partial charge in [0.15, 0.2) is 0 Å². The molecule has 1 aromatic carbocycles. The maximum absolute atomic E-state index is 8.76. The summed E-state index contributed by atoms with van der Waals surface area (Å²) >= 11 is 0. The molecule has 1 aliphatic rings. The van der Waals surface area contributed by atoms with E-state index in [0.717, 1.165) is 23.9 Å². The summed E-state index contributed by atoms with van der Waals surface area (Å²) in [5.74, 6) is 1.61. The molecule has 0 spiro atoms. The van der Waals surface area contributed by atoms with Crippen molar-refractivity contribution in [3.05, 3.63) is 35.4 Å². The van der Waals surface area contributed by atoms with Crippen LogP contribution in [0.3, 0.4) is 0 Å². The van der Waals surface area contributed by atoms with Gasteiger partial charge in [0.1, 0.15) is 0 Å². The number of piperidine rings is 1. The van der Waals surface area contributed by atoms with Gasteiger partial charge >= 0.3 is 0 Å². The maximum Gasteiger partial charge on any atom is 0.0991 e. The average Bonchev–Trinajstić information content (AvgIpc) is 2.28. The zero-order valence-corrected chi connectivity index (χ0v) is 10.7. The first-order valence-corrected chi connectivity index (χ1v) is 6.38. The Bertz CT molecular complexity index is 392. The van der Waals surface area contributed by atoms with Gasteiger partial charge < -0.3 is 0 Å². The second-order valence-corrected chi connectivity index (χ2v) is 5.45. The van der Waals surface area contributed by atoms with Crippen LogP contribution in [0.5, 0.6) is 0 Å². The highest BCUT2D eigenvalue weighted by Crippen LogP contribution is 2.22. The van der Waals surface area contributed by atoms with Crippen molar-refractivity contribution >= 4 is 0 Å². The normalized spacial score (nSPS) is 25.5. The molecular formula is C15H20N2. The third kappa shape index (κ3) is 3.31. The summed E-state index contributed by atoms with van der Waals surface area (Å²) in [4.78, 5) is 2.53. The summed E-state index contributed by atoms with van der Waals surface area (Å²) in [6.07, 6.45) is 1.35. The van der Waals surface area contributed by atoms with E-state index in [1.54, 1.807) is 0 Å². The van der Waals surface area contributed by atoms with Crippen molar-refractivity contribution < 1.29 is 0 Å². The van der Waals surface area contributed by atoms with Crippen molar-refractivity contribution in [1.29, 1.82) is 5.26 Å². The van der Waals surface area contributed by atoms with Crippen LogP contribution in [-0.4, -0.2) is 18.0 Å². The molecule has 1 fully saturated rings. The number of likely N-dealkylation sites (tertiary alicyclic amines) is 1. The third-order valence-electron chi connectivity index (χ3n) is 3.43. The highest BCUT2D eigenvalue weighted by molar-refractivity contribution is 5.31. The number of hydrogen-bond acceptors (Lipinski definition) is 2. The lowest BCUT2D eigenvalue weighted by molar-refractivity contribution is 0.134. The van der Waals surface area contributed by atoms with Gasteiger partial charge in [-0.15, -0.1) is 0 Å². The van der Waals surface area contributed by atoms with Crippen molar-refractivity contribution in [2.75, 3.05) is 13.1 Å². The first kappa shape index (κ1) is 12.1. The first-order valence-electron chi connectivity index (χ1n) is 6.38. The quantitative estimate of drug-likeness (QED) is 0.778. The van der Waals surface area contributed by atoms with E-state index in [4.69, 9.17) is 5.26 Å². The van der Waals surface area contributed by atoms with Crippen LogP contribution in [0.4, 0.5) is 0 Å².